The summed E-state index contributed by atoms with van der Waals surface area (Å²) < 4.78 is 16.0. The second-order valence-corrected chi connectivity index (χ2v) is 8.38. The molecule has 1 unspecified atom stereocenters. The van der Waals surface area contributed by atoms with E-state index in [2.05, 4.69) is 20.4 Å². The van der Waals surface area contributed by atoms with Crippen LogP contribution in [0.3, 0.4) is 0 Å². The second-order valence-electron chi connectivity index (χ2n) is 7.99. The fourth-order valence-electron chi connectivity index (χ4n) is 3.12. The molecule has 156 valence electrons. The van der Waals surface area contributed by atoms with Gasteiger partial charge in [0, 0.05) is 11.5 Å². The maximum Gasteiger partial charge on any atom is 0.263 e. The molecule has 2 N–H and O–H groups in total. The van der Waals surface area contributed by atoms with Gasteiger partial charge in [-0.1, -0.05) is 32.4 Å². The second kappa shape index (κ2) is 7.33. The van der Waals surface area contributed by atoms with Crippen LogP contribution in [-0.2, 0) is 12.0 Å². The molecule has 0 amide bonds. The SMILES string of the molecule is CC(C)(C)c1cc2n(CC(O)Nc3ccc(F)cn3)c(=O)c3ccc(Cl)nc3n2n1. The third-order valence-corrected chi connectivity index (χ3v) is 4.86. The van der Waals surface area contributed by atoms with Gasteiger partial charge in [-0.05, 0) is 24.3 Å². The Balaban J connectivity index is 1.83. The Kier molecular flexibility index (Phi) is 4.95. The summed E-state index contributed by atoms with van der Waals surface area (Å²) in [6.07, 6.45) is -0.118. The lowest BCUT2D eigenvalue weighted by molar-refractivity contribution is 0.181. The van der Waals surface area contributed by atoms with Crippen molar-refractivity contribution >= 4 is 34.1 Å². The summed E-state index contributed by atoms with van der Waals surface area (Å²) in [6, 6.07) is 7.55. The van der Waals surface area contributed by atoms with Crippen LogP contribution in [-0.4, -0.2) is 35.5 Å². The molecule has 0 spiro atoms. The summed E-state index contributed by atoms with van der Waals surface area (Å²) in [4.78, 5) is 21.3. The first-order valence-electron chi connectivity index (χ1n) is 9.29. The normalized spacial score (nSPS) is 13.1. The molecule has 0 saturated heterocycles. The van der Waals surface area contributed by atoms with Gasteiger partial charge in [0.2, 0.25) is 0 Å². The zero-order valence-corrected chi connectivity index (χ0v) is 17.4. The topological polar surface area (TPSA) is 97.3 Å². The highest BCUT2D eigenvalue weighted by Crippen LogP contribution is 2.24. The van der Waals surface area contributed by atoms with Gasteiger partial charge in [0.1, 0.15) is 28.7 Å². The molecular formula is C20H20ClFN6O2. The summed E-state index contributed by atoms with van der Waals surface area (Å²) in [5.74, 6) is -0.200. The minimum Gasteiger partial charge on any atom is -0.372 e. The van der Waals surface area contributed by atoms with Crippen molar-refractivity contribution in [3.05, 3.63) is 63.5 Å². The molecule has 8 nitrogen and oxygen atoms in total. The van der Waals surface area contributed by atoms with Crippen LogP contribution in [0.25, 0.3) is 16.7 Å². The number of fused-ring (bicyclic) bond motifs is 3. The van der Waals surface area contributed by atoms with Crippen LogP contribution >= 0.6 is 11.6 Å². The van der Waals surface area contributed by atoms with E-state index in [1.807, 2.05) is 20.8 Å². The predicted octanol–water partition coefficient (Wildman–Crippen LogP) is 2.96. The number of hydrogen-bond acceptors (Lipinski definition) is 6. The summed E-state index contributed by atoms with van der Waals surface area (Å²) in [5.41, 5.74) is 0.965. The van der Waals surface area contributed by atoms with Crippen LogP contribution in [0, 0.1) is 5.82 Å². The number of anilines is 1. The molecule has 4 heterocycles. The van der Waals surface area contributed by atoms with Gasteiger partial charge >= 0.3 is 0 Å². The first-order chi connectivity index (χ1) is 14.1. The lowest BCUT2D eigenvalue weighted by Crippen LogP contribution is -2.32. The highest BCUT2D eigenvalue weighted by molar-refractivity contribution is 6.29. The van der Waals surface area contributed by atoms with E-state index < -0.39 is 12.0 Å². The molecule has 4 rings (SSSR count). The number of aliphatic hydroxyl groups excluding tert-OH is 1. The van der Waals surface area contributed by atoms with Crippen molar-refractivity contribution in [2.45, 2.75) is 39.0 Å². The van der Waals surface area contributed by atoms with Gasteiger partial charge in [-0.25, -0.2) is 14.4 Å². The van der Waals surface area contributed by atoms with E-state index in [0.717, 1.165) is 11.9 Å². The van der Waals surface area contributed by atoms with E-state index in [-0.39, 0.29) is 28.5 Å². The fraction of sp³-hybridized carbons (Fsp3) is 0.300. The third kappa shape index (κ3) is 3.73. The largest absolute Gasteiger partial charge is 0.372 e. The van der Waals surface area contributed by atoms with Crippen molar-refractivity contribution in [3.63, 3.8) is 0 Å². The molecule has 0 bridgehead atoms. The molecule has 0 saturated carbocycles. The number of hydrogen-bond donors (Lipinski definition) is 2. The maximum absolute atomic E-state index is 13.2. The summed E-state index contributed by atoms with van der Waals surface area (Å²) >= 11 is 6.05. The Morgan fingerprint density at radius 2 is 2.03 bits per heavy atom. The van der Waals surface area contributed by atoms with E-state index in [1.165, 1.54) is 22.8 Å². The van der Waals surface area contributed by atoms with Gasteiger partial charge in [-0.15, -0.1) is 0 Å². The molecule has 10 heteroatoms. The predicted molar refractivity (Wildman–Crippen MR) is 112 cm³/mol. The summed E-state index contributed by atoms with van der Waals surface area (Å²) in [7, 11) is 0. The van der Waals surface area contributed by atoms with Crippen molar-refractivity contribution in [2.24, 2.45) is 0 Å². The summed E-state index contributed by atoms with van der Waals surface area (Å²) in [5, 5.41) is 18.5. The molecule has 0 aliphatic carbocycles. The van der Waals surface area contributed by atoms with Crippen molar-refractivity contribution < 1.29 is 9.50 Å². The molecular weight excluding hydrogens is 411 g/mol. The molecule has 4 aromatic heterocycles. The van der Waals surface area contributed by atoms with Crippen LogP contribution in [0.1, 0.15) is 26.5 Å². The molecule has 30 heavy (non-hydrogen) atoms. The zero-order chi connectivity index (χ0) is 21.6. The van der Waals surface area contributed by atoms with Crippen molar-refractivity contribution in [1.29, 1.82) is 0 Å². The average Bonchev–Trinajstić information content (AvgIpc) is 3.13. The Bertz CT molecular complexity index is 1290. The van der Waals surface area contributed by atoms with Gasteiger partial charge in [0.05, 0.1) is 23.8 Å². The van der Waals surface area contributed by atoms with Gasteiger partial charge < -0.3 is 10.4 Å². The Morgan fingerprint density at radius 1 is 1.27 bits per heavy atom. The number of nitrogens with zero attached hydrogens (tertiary/aromatic N) is 5. The van der Waals surface area contributed by atoms with Gasteiger partial charge in [0.15, 0.2) is 5.65 Å². The molecule has 0 aliphatic rings. The van der Waals surface area contributed by atoms with Crippen molar-refractivity contribution in [2.75, 3.05) is 5.32 Å². The Labute approximate surface area is 176 Å². The summed E-state index contributed by atoms with van der Waals surface area (Å²) in [6.45, 7) is 5.94. The molecule has 0 fully saturated rings. The number of nitrogens with one attached hydrogen (secondary N) is 1. The van der Waals surface area contributed by atoms with Gasteiger partial charge in [0.25, 0.3) is 5.56 Å². The van der Waals surface area contributed by atoms with E-state index >= 15 is 0 Å². The van der Waals surface area contributed by atoms with E-state index in [0.29, 0.717) is 16.7 Å². The molecule has 0 aliphatic heterocycles. The lowest BCUT2D eigenvalue weighted by atomic mass is 9.93. The number of aliphatic hydroxyl groups is 1. The van der Waals surface area contributed by atoms with Crippen LogP contribution in [0.4, 0.5) is 10.2 Å². The van der Waals surface area contributed by atoms with Crippen LogP contribution in [0.15, 0.2) is 41.3 Å². The average molecular weight is 431 g/mol. The standard InChI is InChI=1S/C20H20ClFN6O2/c1-20(2,3)13-8-17-27(10-16(29)25-15-7-4-11(22)9-23-15)19(30)12-5-6-14(21)24-18(12)28(17)26-13/h4-9,16,29H,10H2,1-3H3,(H,23,25). The quantitative estimate of drug-likeness (QED) is 0.381. The highest BCUT2D eigenvalue weighted by Gasteiger charge is 2.22. The number of rotatable bonds is 4. The van der Waals surface area contributed by atoms with Gasteiger partial charge in [-0.3, -0.25) is 9.36 Å². The lowest BCUT2D eigenvalue weighted by Gasteiger charge is -2.16. The Hall–Kier alpha value is -3.04. The van der Waals surface area contributed by atoms with Crippen LogP contribution in [0.5, 0.6) is 0 Å². The third-order valence-electron chi connectivity index (χ3n) is 4.65. The zero-order valence-electron chi connectivity index (χ0n) is 16.6. The number of halogens is 2. The van der Waals surface area contributed by atoms with E-state index in [4.69, 9.17) is 11.6 Å². The van der Waals surface area contributed by atoms with Gasteiger partial charge in [-0.2, -0.15) is 9.61 Å². The van der Waals surface area contributed by atoms with Crippen LogP contribution in [0.2, 0.25) is 5.15 Å². The first-order valence-corrected chi connectivity index (χ1v) is 9.67. The fourth-order valence-corrected chi connectivity index (χ4v) is 3.26. The first kappa shape index (κ1) is 20.2. The minimum atomic E-state index is -1.16. The molecule has 1 atom stereocenters. The maximum atomic E-state index is 13.2. The van der Waals surface area contributed by atoms with E-state index in [1.54, 1.807) is 16.6 Å². The molecule has 0 aromatic carbocycles. The van der Waals surface area contributed by atoms with Crippen LogP contribution < -0.4 is 10.9 Å². The Morgan fingerprint density at radius 3 is 2.70 bits per heavy atom. The molecule has 0 radical (unpaired) electrons. The number of aromatic nitrogens is 5. The minimum absolute atomic E-state index is 0.0881. The highest BCUT2D eigenvalue weighted by atomic mass is 35.5. The molecule has 4 aromatic rings. The van der Waals surface area contributed by atoms with Crippen molar-refractivity contribution in [1.82, 2.24) is 24.1 Å². The monoisotopic (exact) mass is 430 g/mol. The smallest absolute Gasteiger partial charge is 0.263 e. The number of pyridine rings is 2. The van der Waals surface area contributed by atoms with E-state index in [9.17, 15) is 14.3 Å². The van der Waals surface area contributed by atoms with Crippen molar-refractivity contribution in [3.8, 4) is 0 Å².